The summed E-state index contributed by atoms with van der Waals surface area (Å²) >= 11 is 0. The first-order valence-electron chi connectivity index (χ1n) is 14.9. The number of amides is 2. The molecule has 4 aromatic rings. The molecule has 15 nitrogen and oxygen atoms in total. The van der Waals surface area contributed by atoms with Crippen molar-refractivity contribution in [2.45, 2.75) is 44.4 Å². The van der Waals surface area contributed by atoms with Crippen LogP contribution in [0.15, 0.2) is 64.0 Å². The molecule has 16 heteroatoms. The number of piperidine rings is 1. The molecule has 1 N–H and O–H groups in total. The molecule has 0 saturated carbocycles. The Hall–Kier alpha value is -5.43. The number of nitrogens with zero attached hydrogens (tertiary/aromatic N) is 8. The highest BCUT2D eigenvalue weighted by atomic mass is 32.2. The molecular formula is C31H33N9O6S. The third-order valence-corrected chi connectivity index (χ3v) is 10.4. The van der Waals surface area contributed by atoms with Crippen LogP contribution in [0.25, 0.3) is 16.8 Å². The molecule has 3 aromatic heterocycles. The number of anilines is 2. The second kappa shape index (κ2) is 12.4. The Balaban J connectivity index is 1.32. The van der Waals surface area contributed by atoms with Gasteiger partial charge in [-0.1, -0.05) is 24.2 Å². The van der Waals surface area contributed by atoms with Crippen molar-refractivity contribution < 1.29 is 27.3 Å². The topological polar surface area (TPSA) is 180 Å². The lowest BCUT2D eigenvalue weighted by Gasteiger charge is -2.42. The molecule has 244 valence electrons. The summed E-state index contributed by atoms with van der Waals surface area (Å²) in [6, 6.07) is 11.6. The van der Waals surface area contributed by atoms with Gasteiger partial charge in [0, 0.05) is 45.0 Å². The van der Waals surface area contributed by atoms with Crippen molar-refractivity contribution in [3.8, 4) is 6.07 Å². The summed E-state index contributed by atoms with van der Waals surface area (Å²) in [7, 11) is -0.850. The number of aromatic nitrogens is 4. The fourth-order valence-electron chi connectivity index (χ4n) is 6.04. The predicted molar refractivity (Wildman–Crippen MR) is 170 cm³/mol. The lowest BCUT2D eigenvalue weighted by atomic mass is 9.92. The lowest BCUT2D eigenvalue weighted by molar-refractivity contribution is -0.131. The van der Waals surface area contributed by atoms with E-state index < -0.39 is 15.9 Å². The maximum absolute atomic E-state index is 13.6. The molecule has 0 aliphatic carbocycles. The van der Waals surface area contributed by atoms with E-state index in [2.05, 4.69) is 27.4 Å². The van der Waals surface area contributed by atoms with Crippen LogP contribution in [0.5, 0.6) is 0 Å². The lowest BCUT2D eigenvalue weighted by Crippen LogP contribution is -2.52. The van der Waals surface area contributed by atoms with Crippen molar-refractivity contribution in [3.63, 3.8) is 0 Å². The summed E-state index contributed by atoms with van der Waals surface area (Å²) in [6.07, 6.45) is 3.86. The van der Waals surface area contributed by atoms with Gasteiger partial charge in [0.15, 0.2) is 24.0 Å². The molecule has 0 radical (unpaired) electrons. The van der Waals surface area contributed by atoms with Crippen molar-refractivity contribution >= 4 is 50.3 Å². The molecule has 1 saturated heterocycles. The normalized spacial score (nSPS) is 18.9. The zero-order chi connectivity index (χ0) is 33.5. The highest BCUT2D eigenvalue weighted by Crippen LogP contribution is 2.38. The number of hydrogen-bond donors (Lipinski definition) is 1. The van der Waals surface area contributed by atoms with Crippen LogP contribution >= 0.6 is 0 Å². The number of benzene rings is 1. The summed E-state index contributed by atoms with van der Waals surface area (Å²) < 4.78 is 40.8. The Morgan fingerprint density at radius 3 is 2.77 bits per heavy atom. The molecule has 2 amide bonds. The quantitative estimate of drug-likeness (QED) is 0.294. The van der Waals surface area contributed by atoms with E-state index in [1.54, 1.807) is 40.8 Å². The van der Waals surface area contributed by atoms with Gasteiger partial charge in [0.05, 0.1) is 22.4 Å². The molecule has 1 aromatic carbocycles. The molecule has 0 spiro atoms. The van der Waals surface area contributed by atoms with Crippen molar-refractivity contribution in [2.24, 2.45) is 5.92 Å². The predicted octanol–water partition coefficient (Wildman–Crippen LogP) is 2.93. The summed E-state index contributed by atoms with van der Waals surface area (Å²) in [5.74, 6) is 0.641. The van der Waals surface area contributed by atoms with Gasteiger partial charge >= 0.3 is 0 Å². The van der Waals surface area contributed by atoms with E-state index in [0.29, 0.717) is 30.3 Å². The average Bonchev–Trinajstić information content (AvgIpc) is 3.67. The molecule has 6 rings (SSSR count). The van der Waals surface area contributed by atoms with Crippen molar-refractivity contribution in [2.75, 3.05) is 37.4 Å². The van der Waals surface area contributed by atoms with Crippen LogP contribution in [0, 0.1) is 24.2 Å². The van der Waals surface area contributed by atoms with Crippen LogP contribution in [0.3, 0.4) is 0 Å². The van der Waals surface area contributed by atoms with E-state index >= 15 is 0 Å². The number of nitrogens with one attached hydrogen (secondary N) is 1. The van der Waals surface area contributed by atoms with Gasteiger partial charge in [0.2, 0.25) is 5.91 Å². The van der Waals surface area contributed by atoms with Crippen LogP contribution in [0.4, 0.5) is 11.6 Å². The van der Waals surface area contributed by atoms with E-state index in [1.807, 2.05) is 24.1 Å². The van der Waals surface area contributed by atoms with Gasteiger partial charge in [-0.05, 0) is 37.5 Å². The number of hydrogen-bond acceptors (Lipinski definition) is 11. The largest absolute Gasteiger partial charge is 0.470 e. The molecule has 0 unspecified atom stereocenters. The number of likely N-dealkylation sites (N-methyl/N-ethyl adjacent to an activating group) is 2. The van der Waals surface area contributed by atoms with E-state index in [0.717, 1.165) is 16.1 Å². The summed E-state index contributed by atoms with van der Waals surface area (Å²) in [5.41, 5.74) is 0.565. The van der Waals surface area contributed by atoms with Gasteiger partial charge < -0.3 is 24.4 Å². The first-order chi connectivity index (χ1) is 22.5. The zero-order valence-electron chi connectivity index (χ0n) is 26.2. The molecule has 47 heavy (non-hydrogen) atoms. The molecule has 2 aliphatic heterocycles. The first kappa shape index (κ1) is 31.5. The zero-order valence-corrected chi connectivity index (χ0v) is 27.1. The van der Waals surface area contributed by atoms with Crippen molar-refractivity contribution in [1.29, 1.82) is 5.26 Å². The molecule has 2 aliphatic rings. The molecule has 0 bridgehead atoms. The standard InChI is InChI=1S/C31H33N9O6S/c1-19-10-13-39(26(41)9-12-32)16-23(19)37(3)29-22-11-14-40(30(22)34-17-33-29)18-45-28-21-7-5-6-8-24(21)47(43,44)38(4)27(28)31(42)35-25-15-20(2)46-36-25/h5-8,11,14-15,17,19,23H,9-10,13,16,18H2,1-4H3,(H,35,36,42)/t19-,23+/m1/s1. The van der Waals surface area contributed by atoms with Gasteiger partial charge in [-0.2, -0.15) is 5.26 Å². The minimum absolute atomic E-state index is 0.00109. The van der Waals surface area contributed by atoms with Gasteiger partial charge in [-0.25, -0.2) is 18.4 Å². The fourth-order valence-corrected chi connectivity index (χ4v) is 7.43. The Labute approximate surface area is 271 Å². The van der Waals surface area contributed by atoms with Crippen molar-refractivity contribution in [3.05, 3.63) is 65.9 Å². The second-order valence-corrected chi connectivity index (χ2v) is 13.5. The molecule has 5 heterocycles. The highest BCUT2D eigenvalue weighted by Gasteiger charge is 2.39. The van der Waals surface area contributed by atoms with E-state index in [9.17, 15) is 18.0 Å². The molecule has 1 fully saturated rings. The minimum atomic E-state index is -4.07. The van der Waals surface area contributed by atoms with Gasteiger partial charge in [0.1, 0.15) is 30.0 Å². The maximum Gasteiger partial charge on any atom is 0.278 e. The Morgan fingerprint density at radius 2 is 2.02 bits per heavy atom. The molecule has 2 atom stereocenters. The summed E-state index contributed by atoms with van der Waals surface area (Å²) in [4.78, 5) is 38.9. The van der Waals surface area contributed by atoms with Crippen LogP contribution in [0.1, 0.15) is 31.1 Å². The average molecular weight is 660 g/mol. The van der Waals surface area contributed by atoms with Crippen LogP contribution in [0.2, 0.25) is 0 Å². The monoisotopic (exact) mass is 659 g/mol. The number of rotatable bonds is 8. The first-order valence-corrected chi connectivity index (χ1v) is 16.3. The highest BCUT2D eigenvalue weighted by molar-refractivity contribution is 7.89. The Bertz CT molecular complexity index is 2050. The third kappa shape index (κ3) is 5.74. The van der Waals surface area contributed by atoms with Crippen LogP contribution in [-0.4, -0.2) is 82.4 Å². The summed E-state index contributed by atoms with van der Waals surface area (Å²) in [5, 5.41) is 16.1. The third-order valence-electron chi connectivity index (χ3n) is 8.60. The number of likely N-dealkylation sites (tertiary alicyclic amines) is 1. The maximum atomic E-state index is 13.6. The number of carbonyl (C=O) groups excluding carboxylic acids is 2. The second-order valence-electron chi connectivity index (χ2n) is 11.5. The molecular weight excluding hydrogens is 626 g/mol. The van der Waals surface area contributed by atoms with E-state index in [4.69, 9.17) is 14.5 Å². The smallest absolute Gasteiger partial charge is 0.278 e. The summed E-state index contributed by atoms with van der Waals surface area (Å²) in [6.45, 7) is 4.76. The van der Waals surface area contributed by atoms with Gasteiger partial charge in [-0.15, -0.1) is 0 Å². The number of aryl methyl sites for hydroxylation is 1. The van der Waals surface area contributed by atoms with E-state index in [1.165, 1.54) is 25.5 Å². The van der Waals surface area contributed by atoms with Crippen LogP contribution < -0.4 is 10.2 Å². The number of nitriles is 1. The number of fused-ring (bicyclic) bond motifs is 2. The number of sulfonamides is 1. The van der Waals surface area contributed by atoms with Crippen LogP contribution in [-0.2, 0) is 31.1 Å². The van der Waals surface area contributed by atoms with Gasteiger partial charge in [0.25, 0.3) is 15.9 Å². The number of carbonyl (C=O) groups is 2. The van der Waals surface area contributed by atoms with E-state index in [-0.39, 0.29) is 58.8 Å². The fraction of sp³-hybridized carbons (Fsp3) is 0.355. The Kier molecular flexibility index (Phi) is 8.32. The van der Waals surface area contributed by atoms with Crippen molar-refractivity contribution in [1.82, 2.24) is 28.9 Å². The minimum Gasteiger partial charge on any atom is -0.470 e. The number of ether oxygens (including phenoxy) is 1. The SMILES string of the molecule is Cc1cc(NC(=O)C2=C(OCn3ccc4c(N(C)[C@H]5CN(C(=O)CC#N)CC[C@H]5C)ncnc43)c3ccccc3S(=O)(=O)N2C)no1. The van der Waals surface area contributed by atoms with Gasteiger partial charge in [-0.3, -0.25) is 18.5 Å². The Morgan fingerprint density at radius 1 is 1.23 bits per heavy atom.